The van der Waals surface area contributed by atoms with Crippen LogP contribution in [0.5, 0.6) is 0 Å². The summed E-state index contributed by atoms with van der Waals surface area (Å²) >= 11 is 1.67. The number of amides is 3. The third-order valence-electron chi connectivity index (χ3n) is 9.20. The summed E-state index contributed by atoms with van der Waals surface area (Å²) < 4.78 is -0.748. The number of hydrogen-bond acceptors (Lipinski definition) is 5. The van der Waals surface area contributed by atoms with Gasteiger partial charge in [-0.1, -0.05) is 49.4 Å². The highest BCUT2D eigenvalue weighted by atomic mass is 32.2. The van der Waals surface area contributed by atoms with Gasteiger partial charge in [0.15, 0.2) is 0 Å². The first-order chi connectivity index (χ1) is 20.2. The van der Waals surface area contributed by atoms with Crippen molar-refractivity contribution in [3.63, 3.8) is 0 Å². The number of nitrogens with zero attached hydrogens (tertiary/aromatic N) is 3. The number of anilines is 2. The second-order valence-corrected chi connectivity index (χ2v) is 13.3. The van der Waals surface area contributed by atoms with Gasteiger partial charge in [0.05, 0.1) is 16.6 Å². The van der Waals surface area contributed by atoms with Crippen LogP contribution < -0.4 is 9.80 Å². The molecule has 1 N–H and O–H groups in total. The Balaban J connectivity index is 1.60. The predicted molar refractivity (Wildman–Crippen MR) is 170 cm³/mol. The zero-order valence-electron chi connectivity index (χ0n) is 24.7. The fraction of sp³-hybridized carbons (Fsp3) is 0.441. The second-order valence-electron chi connectivity index (χ2n) is 11.8. The molecule has 0 radical (unpaired) electrons. The first-order valence-corrected chi connectivity index (χ1v) is 15.6. The lowest BCUT2D eigenvalue weighted by Crippen LogP contribution is -2.58. The van der Waals surface area contributed by atoms with Crippen LogP contribution in [0, 0.1) is 31.6 Å². The fourth-order valence-electron chi connectivity index (χ4n) is 7.40. The van der Waals surface area contributed by atoms with Crippen molar-refractivity contribution in [2.45, 2.75) is 49.7 Å². The highest BCUT2D eigenvalue weighted by molar-refractivity contribution is 8.02. The summed E-state index contributed by atoms with van der Waals surface area (Å²) in [7, 11) is 0. The number of carbonyl (C=O) groups is 3. The number of benzene rings is 2. The topological polar surface area (TPSA) is 81.2 Å². The van der Waals surface area contributed by atoms with Gasteiger partial charge in [0.25, 0.3) is 5.91 Å². The first kappa shape index (κ1) is 30.1. The summed E-state index contributed by atoms with van der Waals surface area (Å²) in [5.74, 6) is -1.55. The molecule has 3 saturated heterocycles. The van der Waals surface area contributed by atoms with Gasteiger partial charge in [0.2, 0.25) is 11.8 Å². The second kappa shape index (κ2) is 12.1. The van der Waals surface area contributed by atoms with Crippen molar-refractivity contribution in [1.82, 2.24) is 4.90 Å². The Bertz CT molecular complexity index is 1380. The Kier molecular flexibility index (Phi) is 8.67. The third-order valence-corrected chi connectivity index (χ3v) is 11.3. The maximum Gasteiger partial charge on any atom is 0.251 e. The number of likely N-dealkylation sites (tertiary alicyclic amines) is 1. The highest BCUT2D eigenvalue weighted by Gasteiger charge is 2.76. The van der Waals surface area contributed by atoms with E-state index < -0.39 is 22.6 Å². The van der Waals surface area contributed by atoms with E-state index in [0.29, 0.717) is 19.5 Å². The average molecular weight is 588 g/mol. The molecule has 2 aromatic carbocycles. The van der Waals surface area contributed by atoms with Crippen molar-refractivity contribution >= 4 is 40.9 Å². The molecule has 3 heterocycles. The van der Waals surface area contributed by atoms with Gasteiger partial charge in [-0.3, -0.25) is 14.4 Å². The van der Waals surface area contributed by atoms with E-state index in [9.17, 15) is 19.5 Å². The first-order valence-electron chi connectivity index (χ1n) is 14.8. The lowest BCUT2D eigenvalue weighted by Gasteiger charge is -2.41. The molecular formula is C34H41N3O4S. The molecule has 3 amide bonds. The summed E-state index contributed by atoms with van der Waals surface area (Å²) in [5.41, 5.74) is 3.56. The van der Waals surface area contributed by atoms with Crippen molar-refractivity contribution in [3.05, 3.63) is 85.0 Å². The summed E-state index contributed by atoms with van der Waals surface area (Å²) in [6.45, 7) is 14.7. The van der Waals surface area contributed by atoms with E-state index in [1.165, 1.54) is 0 Å². The van der Waals surface area contributed by atoms with E-state index >= 15 is 0 Å². The van der Waals surface area contributed by atoms with Crippen molar-refractivity contribution in [2.24, 2.45) is 17.8 Å². The molecule has 7 nitrogen and oxygen atoms in total. The molecule has 0 saturated carbocycles. The van der Waals surface area contributed by atoms with Crippen LogP contribution in [-0.4, -0.2) is 70.0 Å². The number of aryl methyl sites for hydroxylation is 2. The molecule has 42 heavy (non-hydrogen) atoms. The van der Waals surface area contributed by atoms with E-state index in [1.807, 2.05) is 62.4 Å². The highest BCUT2D eigenvalue weighted by Crippen LogP contribution is 2.69. The Morgan fingerprint density at radius 3 is 2.43 bits per heavy atom. The van der Waals surface area contributed by atoms with Gasteiger partial charge in [0.1, 0.15) is 6.04 Å². The van der Waals surface area contributed by atoms with E-state index in [1.54, 1.807) is 38.6 Å². The van der Waals surface area contributed by atoms with E-state index in [-0.39, 0.29) is 42.0 Å². The zero-order valence-corrected chi connectivity index (χ0v) is 25.6. The van der Waals surface area contributed by atoms with Crippen LogP contribution in [0.4, 0.5) is 11.4 Å². The molecule has 222 valence electrons. The van der Waals surface area contributed by atoms with E-state index in [2.05, 4.69) is 20.1 Å². The maximum absolute atomic E-state index is 14.8. The quantitative estimate of drug-likeness (QED) is 0.384. The zero-order chi connectivity index (χ0) is 30.2. The Hall–Kier alpha value is -3.36. The molecule has 6 atom stereocenters. The van der Waals surface area contributed by atoms with Crippen molar-refractivity contribution < 1.29 is 19.5 Å². The van der Waals surface area contributed by atoms with Crippen LogP contribution in [0.1, 0.15) is 30.9 Å². The number of rotatable bonds is 11. The summed E-state index contributed by atoms with van der Waals surface area (Å²) in [5, 5.41) is 9.67. The molecule has 0 aliphatic carbocycles. The van der Waals surface area contributed by atoms with Crippen molar-refractivity contribution in [3.8, 4) is 0 Å². The number of carbonyl (C=O) groups excluding carboxylic acids is 3. The van der Waals surface area contributed by atoms with E-state index in [4.69, 9.17) is 0 Å². The number of hydrogen-bond donors (Lipinski definition) is 1. The van der Waals surface area contributed by atoms with Gasteiger partial charge in [-0.05, 0) is 61.9 Å². The Morgan fingerprint density at radius 1 is 1.07 bits per heavy atom. The van der Waals surface area contributed by atoms with Crippen molar-refractivity contribution in [2.75, 3.05) is 36.0 Å². The largest absolute Gasteiger partial charge is 0.396 e. The molecular weight excluding hydrogens is 546 g/mol. The molecule has 1 spiro atoms. The van der Waals surface area contributed by atoms with Gasteiger partial charge < -0.3 is 19.8 Å². The predicted octanol–water partition coefficient (Wildman–Crippen LogP) is 4.76. The minimum atomic E-state index is -0.756. The normalized spacial score (nSPS) is 27.6. The van der Waals surface area contributed by atoms with Gasteiger partial charge in [-0.15, -0.1) is 24.9 Å². The van der Waals surface area contributed by atoms with Gasteiger partial charge in [-0.25, -0.2) is 0 Å². The van der Waals surface area contributed by atoms with Gasteiger partial charge in [-0.2, -0.15) is 0 Å². The standard InChI is InChI=1S/C34H41N3O4S/c1-6-16-35(25-12-9-8-10-13-25)31(39)28-27-21-24(5)34(42-27)29(28)32(40)37(18-11-19-38)30(34)33(41)36(17-7-2)26-20-22(3)14-15-23(26)4/h6-10,12-15,20,24,27-30,38H,1-2,11,16-19,21H2,3-5H3/t24?,27-,28+,29-,30?,34?/m0/s1. The van der Waals surface area contributed by atoms with Crippen LogP contribution in [0.25, 0.3) is 0 Å². The van der Waals surface area contributed by atoms with E-state index in [0.717, 1.165) is 28.9 Å². The molecule has 3 aliphatic rings. The number of thioether (sulfide) groups is 1. The summed E-state index contributed by atoms with van der Waals surface area (Å²) in [6.07, 6.45) is 4.53. The average Bonchev–Trinajstić information content (AvgIpc) is 3.58. The summed E-state index contributed by atoms with van der Waals surface area (Å²) in [6, 6.07) is 14.8. The molecule has 2 bridgehead atoms. The molecule has 2 aromatic rings. The smallest absolute Gasteiger partial charge is 0.251 e. The minimum Gasteiger partial charge on any atom is -0.396 e. The lowest BCUT2D eigenvalue weighted by molar-refractivity contribution is -0.139. The Labute approximate surface area is 253 Å². The van der Waals surface area contributed by atoms with Crippen LogP contribution in [0.15, 0.2) is 73.8 Å². The third kappa shape index (κ3) is 4.78. The molecule has 8 heteroatoms. The number of fused-ring (bicyclic) bond motifs is 1. The molecule has 3 fully saturated rings. The SMILES string of the molecule is C=CCN(C(=O)[C@@H]1[C@@H]2CC(C)C3(S2)C(C(=O)N(CC=C)c2cc(C)ccc2C)N(CCCO)C(=O)[C@H]13)c1ccccc1. The molecule has 3 aliphatic heterocycles. The Morgan fingerprint density at radius 2 is 1.76 bits per heavy atom. The monoisotopic (exact) mass is 587 g/mol. The van der Waals surface area contributed by atoms with Crippen molar-refractivity contribution in [1.29, 1.82) is 0 Å². The van der Waals surface area contributed by atoms with Crippen LogP contribution in [-0.2, 0) is 14.4 Å². The van der Waals surface area contributed by atoms with Gasteiger partial charge in [0, 0.05) is 42.9 Å². The van der Waals surface area contributed by atoms with Crippen LogP contribution in [0.2, 0.25) is 0 Å². The number of aliphatic hydroxyl groups is 1. The summed E-state index contributed by atoms with van der Waals surface area (Å²) in [4.78, 5) is 48.8. The minimum absolute atomic E-state index is 0.0485. The van der Waals surface area contributed by atoms with Crippen LogP contribution >= 0.6 is 11.8 Å². The maximum atomic E-state index is 14.8. The number of aliphatic hydroxyl groups excluding tert-OH is 1. The number of para-hydroxylation sites is 1. The lowest BCUT2D eigenvalue weighted by atomic mass is 9.65. The molecule has 5 rings (SSSR count). The fourth-order valence-corrected chi connectivity index (χ4v) is 9.81. The van der Waals surface area contributed by atoms with Gasteiger partial charge >= 0.3 is 0 Å². The van der Waals surface area contributed by atoms with Crippen LogP contribution in [0.3, 0.4) is 0 Å². The molecule has 0 aromatic heterocycles. The molecule has 3 unspecified atom stereocenters.